The van der Waals surface area contributed by atoms with Crippen LogP contribution < -0.4 is 5.32 Å². The molecule has 2 fully saturated rings. The predicted octanol–water partition coefficient (Wildman–Crippen LogP) is 5.83. The maximum absolute atomic E-state index is 13.4. The van der Waals surface area contributed by atoms with E-state index in [1.807, 2.05) is 37.3 Å². The van der Waals surface area contributed by atoms with Gasteiger partial charge >= 0.3 is 5.97 Å². The number of benzene rings is 2. The lowest BCUT2D eigenvalue weighted by atomic mass is 9.68. The van der Waals surface area contributed by atoms with Crippen LogP contribution in [-0.4, -0.2) is 50.0 Å². The van der Waals surface area contributed by atoms with Crippen molar-refractivity contribution in [1.82, 2.24) is 9.62 Å². The molecule has 2 aromatic rings. The topological polar surface area (TPSA) is 92.8 Å². The number of nitrogens with one attached hydrogen (secondary N) is 1. The number of rotatable bonds is 10. The summed E-state index contributed by atoms with van der Waals surface area (Å²) in [6.07, 6.45) is 1.77. The van der Waals surface area contributed by atoms with E-state index in [9.17, 15) is 18.0 Å². The number of methoxy groups -OCH3 is 1. The Morgan fingerprint density at radius 2 is 1.70 bits per heavy atom. The molecule has 0 bridgehead atoms. The minimum absolute atomic E-state index is 0.151. The highest BCUT2D eigenvalue weighted by Crippen LogP contribution is 2.45. The Labute approximate surface area is 247 Å². The molecule has 218 valence electrons. The van der Waals surface area contributed by atoms with E-state index in [-0.39, 0.29) is 35.0 Å². The summed E-state index contributed by atoms with van der Waals surface area (Å²) in [5.74, 6) is -2.32. The van der Waals surface area contributed by atoms with Crippen LogP contribution in [0.5, 0.6) is 0 Å². The molecule has 1 N–H and O–H groups in total. The highest BCUT2D eigenvalue weighted by molar-refractivity contribution is 7.90. The minimum Gasteiger partial charge on any atom is -0.469 e. The first-order valence-corrected chi connectivity index (χ1v) is 16.0. The summed E-state index contributed by atoms with van der Waals surface area (Å²) in [4.78, 5) is 25.8. The van der Waals surface area contributed by atoms with E-state index < -0.39 is 33.9 Å². The Kier molecular flexibility index (Phi) is 9.55. The molecule has 0 radical (unpaired) electrons. The fourth-order valence-electron chi connectivity index (χ4n) is 6.14. The maximum atomic E-state index is 13.4. The van der Waals surface area contributed by atoms with Gasteiger partial charge < -0.3 is 10.1 Å². The molecule has 1 aliphatic heterocycles. The van der Waals surface area contributed by atoms with Gasteiger partial charge in [-0.05, 0) is 66.5 Å². The van der Waals surface area contributed by atoms with Crippen LogP contribution in [0.3, 0.4) is 0 Å². The molecule has 10 heteroatoms. The van der Waals surface area contributed by atoms with Crippen LogP contribution in [0.4, 0.5) is 0 Å². The normalized spacial score (nSPS) is 24.6. The Morgan fingerprint density at radius 3 is 2.27 bits per heavy atom. The molecular formula is C30H38Cl2N2O5S. The highest BCUT2D eigenvalue weighted by Gasteiger charge is 2.47. The predicted molar refractivity (Wildman–Crippen MR) is 158 cm³/mol. The summed E-state index contributed by atoms with van der Waals surface area (Å²) in [6, 6.07) is 14.1. The van der Waals surface area contributed by atoms with Crippen LogP contribution in [0.1, 0.15) is 63.1 Å². The van der Waals surface area contributed by atoms with E-state index in [1.54, 1.807) is 32.2 Å². The fourth-order valence-corrected chi connectivity index (χ4v) is 8.29. The molecule has 7 atom stereocenters. The molecular weight excluding hydrogens is 571 g/mol. The Bertz CT molecular complexity index is 1330. The fraction of sp³-hybridized carbons (Fsp3) is 0.533. The van der Waals surface area contributed by atoms with Gasteiger partial charge in [0.05, 0.1) is 30.2 Å². The van der Waals surface area contributed by atoms with E-state index >= 15 is 0 Å². The first-order chi connectivity index (χ1) is 18.9. The van der Waals surface area contributed by atoms with Gasteiger partial charge in [0.1, 0.15) is 0 Å². The number of halogens is 2. The summed E-state index contributed by atoms with van der Waals surface area (Å²) < 4.78 is 33.3. The number of hydrogen-bond acceptors (Lipinski definition) is 5. The van der Waals surface area contributed by atoms with E-state index in [0.717, 1.165) is 11.1 Å². The van der Waals surface area contributed by atoms with Crippen molar-refractivity contribution in [3.8, 4) is 0 Å². The SMILES string of the molecule is COC(=O)C(C)[C@H]1C[C@H](c2cccc(Cl)c2)[C@H](C(C)C(C)C(c2ccc(Cl)cc2)N(C)S(=O)(=O)C2CC2)NC1=O. The van der Waals surface area contributed by atoms with E-state index in [1.165, 1.54) is 11.4 Å². The molecule has 4 rings (SSSR count). The number of carbonyl (C=O) groups excluding carboxylic acids is 2. The molecule has 1 amide bonds. The monoisotopic (exact) mass is 608 g/mol. The number of nitrogens with zero attached hydrogens (tertiary/aromatic N) is 1. The quantitative estimate of drug-likeness (QED) is 0.343. The minimum atomic E-state index is -3.50. The van der Waals surface area contributed by atoms with Gasteiger partial charge in [0, 0.05) is 29.1 Å². The lowest BCUT2D eigenvalue weighted by molar-refractivity contribution is -0.151. The van der Waals surface area contributed by atoms with Crippen molar-refractivity contribution >= 4 is 45.1 Å². The van der Waals surface area contributed by atoms with E-state index in [0.29, 0.717) is 29.3 Å². The Balaban J connectivity index is 1.72. The maximum Gasteiger partial charge on any atom is 0.309 e. The van der Waals surface area contributed by atoms with Crippen molar-refractivity contribution in [2.75, 3.05) is 14.2 Å². The molecule has 0 spiro atoms. The summed E-state index contributed by atoms with van der Waals surface area (Å²) >= 11 is 12.6. The number of amides is 1. The van der Waals surface area contributed by atoms with Gasteiger partial charge in [-0.15, -0.1) is 0 Å². The first-order valence-electron chi connectivity index (χ1n) is 13.7. The van der Waals surface area contributed by atoms with Crippen molar-refractivity contribution in [3.05, 3.63) is 69.7 Å². The average Bonchev–Trinajstić information content (AvgIpc) is 3.79. The summed E-state index contributed by atoms with van der Waals surface area (Å²) in [5.41, 5.74) is 1.80. The van der Waals surface area contributed by atoms with Crippen LogP contribution in [0, 0.1) is 23.7 Å². The lowest BCUT2D eigenvalue weighted by Crippen LogP contribution is -2.55. The number of sulfonamides is 1. The van der Waals surface area contributed by atoms with Gasteiger partial charge in [0.25, 0.3) is 0 Å². The van der Waals surface area contributed by atoms with Crippen LogP contribution in [-0.2, 0) is 24.3 Å². The average molecular weight is 610 g/mol. The third-order valence-corrected chi connectivity index (χ3v) is 11.7. The van der Waals surface area contributed by atoms with Crippen LogP contribution in [0.2, 0.25) is 10.0 Å². The summed E-state index contributed by atoms with van der Waals surface area (Å²) in [7, 11) is -0.529. The van der Waals surface area contributed by atoms with Crippen molar-refractivity contribution < 1.29 is 22.7 Å². The zero-order chi connectivity index (χ0) is 29.4. The molecule has 2 aliphatic rings. The summed E-state index contributed by atoms with van der Waals surface area (Å²) in [5, 5.41) is 4.02. The van der Waals surface area contributed by atoms with Crippen LogP contribution in [0.15, 0.2) is 48.5 Å². The zero-order valence-corrected chi connectivity index (χ0v) is 25.8. The largest absolute Gasteiger partial charge is 0.469 e. The number of piperidine rings is 1. The zero-order valence-electron chi connectivity index (χ0n) is 23.5. The molecule has 0 aromatic heterocycles. The highest BCUT2D eigenvalue weighted by atomic mass is 35.5. The molecule has 2 aromatic carbocycles. The molecule has 7 nitrogen and oxygen atoms in total. The van der Waals surface area contributed by atoms with Gasteiger partial charge in [0.2, 0.25) is 15.9 Å². The van der Waals surface area contributed by atoms with Gasteiger partial charge in [-0.1, -0.05) is 68.2 Å². The third-order valence-electron chi connectivity index (χ3n) is 8.88. The van der Waals surface area contributed by atoms with Gasteiger partial charge in [-0.25, -0.2) is 8.42 Å². The second kappa shape index (κ2) is 12.4. The molecule has 1 saturated carbocycles. The third kappa shape index (κ3) is 6.35. The number of hydrogen-bond donors (Lipinski definition) is 1. The standard InChI is InChI=1S/C30H38Cl2N2O5S/c1-17(18(2)28(20-9-11-22(31)12-10-20)34(4)40(37,38)24-13-14-24)27-26(21-7-6-8-23(32)15-21)16-25(29(35)33-27)19(3)30(36)39-5/h6-12,15,17-19,24-28H,13-14,16H2,1-5H3,(H,33,35)/t17?,18?,19?,25-,26-,27+,28?/m1/s1. The van der Waals surface area contributed by atoms with Crippen molar-refractivity contribution in [2.24, 2.45) is 23.7 Å². The second-order valence-corrected chi connectivity index (χ2v) is 14.5. The van der Waals surface area contributed by atoms with Gasteiger partial charge in [0.15, 0.2) is 0 Å². The Morgan fingerprint density at radius 1 is 1.05 bits per heavy atom. The lowest BCUT2D eigenvalue weighted by Gasteiger charge is -2.45. The second-order valence-electron chi connectivity index (χ2n) is 11.3. The Hall–Kier alpha value is -2.13. The van der Waals surface area contributed by atoms with E-state index in [4.69, 9.17) is 27.9 Å². The summed E-state index contributed by atoms with van der Waals surface area (Å²) in [6.45, 7) is 5.80. The van der Waals surface area contributed by atoms with E-state index in [2.05, 4.69) is 12.2 Å². The molecule has 1 saturated heterocycles. The molecule has 1 aliphatic carbocycles. The molecule has 40 heavy (non-hydrogen) atoms. The van der Waals surface area contributed by atoms with Crippen LogP contribution in [0.25, 0.3) is 0 Å². The first kappa shape index (κ1) is 30.8. The van der Waals surface area contributed by atoms with Crippen LogP contribution >= 0.6 is 23.2 Å². The van der Waals surface area contributed by atoms with Gasteiger partial charge in [-0.2, -0.15) is 4.31 Å². The number of esters is 1. The smallest absolute Gasteiger partial charge is 0.309 e. The van der Waals surface area contributed by atoms with Crippen molar-refractivity contribution in [1.29, 1.82) is 0 Å². The van der Waals surface area contributed by atoms with Crippen molar-refractivity contribution in [2.45, 2.75) is 63.3 Å². The van der Waals surface area contributed by atoms with Gasteiger partial charge in [-0.3, -0.25) is 9.59 Å². The van der Waals surface area contributed by atoms with Crippen molar-refractivity contribution in [3.63, 3.8) is 0 Å². The number of ether oxygens (including phenoxy) is 1. The molecule has 1 heterocycles. The molecule has 4 unspecified atom stereocenters. The number of carbonyl (C=O) groups is 2.